The third-order valence-electron chi connectivity index (χ3n) is 7.11. The fourth-order valence-electron chi connectivity index (χ4n) is 5.14. The predicted molar refractivity (Wildman–Crippen MR) is 146 cm³/mol. The molecule has 1 fully saturated rings. The first-order valence-electron chi connectivity index (χ1n) is 13.1. The highest BCUT2D eigenvalue weighted by Crippen LogP contribution is 2.37. The molecule has 4 nitrogen and oxygen atoms in total. The van der Waals surface area contributed by atoms with Crippen LogP contribution in [0.1, 0.15) is 36.2 Å². The van der Waals surface area contributed by atoms with Crippen molar-refractivity contribution in [1.29, 1.82) is 0 Å². The molecular weight excluding hydrogens is 511 g/mol. The molecule has 3 aromatic carbocycles. The molecule has 208 valence electrons. The molecule has 1 aliphatic heterocycles. The normalized spacial score (nSPS) is 16.4. The molecule has 5 rings (SSSR count). The number of alkyl halides is 3. The van der Waals surface area contributed by atoms with Crippen LogP contribution in [0.15, 0.2) is 54.6 Å². The van der Waals surface area contributed by atoms with Crippen LogP contribution < -0.4 is 4.90 Å². The van der Waals surface area contributed by atoms with E-state index in [2.05, 4.69) is 34.1 Å². The zero-order valence-corrected chi connectivity index (χ0v) is 22.8. The van der Waals surface area contributed by atoms with Gasteiger partial charge >= 0.3 is 6.18 Å². The van der Waals surface area contributed by atoms with Crippen molar-refractivity contribution in [2.45, 2.75) is 46.3 Å². The van der Waals surface area contributed by atoms with E-state index in [0.29, 0.717) is 22.7 Å². The molecule has 1 saturated heterocycles. The fourth-order valence-corrected chi connectivity index (χ4v) is 5.14. The molecule has 0 aliphatic carbocycles. The number of piperazine rings is 1. The van der Waals surface area contributed by atoms with Crippen molar-refractivity contribution < 1.29 is 22.0 Å². The van der Waals surface area contributed by atoms with E-state index in [4.69, 9.17) is 0 Å². The van der Waals surface area contributed by atoms with Crippen molar-refractivity contribution in [2.75, 3.05) is 31.6 Å². The highest BCUT2D eigenvalue weighted by molar-refractivity contribution is 5.87. The maximum atomic E-state index is 15.0. The Morgan fingerprint density at radius 3 is 2.28 bits per heavy atom. The van der Waals surface area contributed by atoms with Crippen molar-refractivity contribution >= 4 is 16.6 Å². The summed E-state index contributed by atoms with van der Waals surface area (Å²) in [5.74, 6) is -2.68. The van der Waals surface area contributed by atoms with Gasteiger partial charge in [0.05, 0.1) is 16.8 Å². The van der Waals surface area contributed by atoms with Crippen LogP contribution in [0.5, 0.6) is 0 Å². The molecule has 0 spiro atoms. The van der Waals surface area contributed by atoms with Gasteiger partial charge in [-0.1, -0.05) is 44.2 Å². The molecule has 1 atom stereocenters. The van der Waals surface area contributed by atoms with Gasteiger partial charge in [0.1, 0.15) is 11.5 Å². The van der Waals surface area contributed by atoms with Crippen LogP contribution in [-0.4, -0.2) is 47.4 Å². The van der Waals surface area contributed by atoms with Gasteiger partial charge in [-0.25, -0.2) is 13.5 Å². The number of anilines is 1. The Hall–Kier alpha value is -3.46. The van der Waals surface area contributed by atoms with E-state index in [9.17, 15) is 17.6 Å². The van der Waals surface area contributed by atoms with E-state index in [1.807, 2.05) is 44.2 Å². The van der Waals surface area contributed by atoms with Crippen molar-refractivity contribution in [3.05, 3.63) is 88.6 Å². The van der Waals surface area contributed by atoms with E-state index in [1.54, 1.807) is 13.0 Å². The maximum Gasteiger partial charge on any atom is 0.419 e. The summed E-state index contributed by atoms with van der Waals surface area (Å²) >= 11 is 0. The van der Waals surface area contributed by atoms with Crippen molar-refractivity contribution in [2.24, 2.45) is 0 Å². The number of aryl methyl sites for hydroxylation is 1. The van der Waals surface area contributed by atoms with Crippen LogP contribution >= 0.6 is 0 Å². The Morgan fingerprint density at radius 2 is 1.62 bits per heavy atom. The van der Waals surface area contributed by atoms with E-state index in [1.165, 1.54) is 5.56 Å². The lowest BCUT2D eigenvalue weighted by atomic mass is 10.0. The van der Waals surface area contributed by atoms with Gasteiger partial charge in [0.2, 0.25) is 0 Å². The minimum atomic E-state index is -4.96. The number of benzene rings is 3. The average Bonchev–Trinajstić information content (AvgIpc) is 3.24. The summed E-state index contributed by atoms with van der Waals surface area (Å²) in [7, 11) is 2.10. The molecule has 0 N–H and O–H groups in total. The van der Waals surface area contributed by atoms with Crippen molar-refractivity contribution in [3.63, 3.8) is 0 Å². The molecule has 0 radical (unpaired) electrons. The number of hydrogen-bond donors (Lipinski definition) is 0. The van der Waals surface area contributed by atoms with Gasteiger partial charge in [-0.05, 0) is 57.1 Å². The number of rotatable bonds is 4. The number of halogens is 5. The van der Waals surface area contributed by atoms with Crippen LogP contribution in [0.2, 0.25) is 0 Å². The lowest BCUT2D eigenvalue weighted by molar-refractivity contribution is -0.140. The summed E-state index contributed by atoms with van der Waals surface area (Å²) in [5, 5.41) is 5.06. The minimum absolute atomic E-state index is 0.223. The Bertz CT molecular complexity index is 1450. The van der Waals surface area contributed by atoms with Gasteiger partial charge in [0.15, 0.2) is 5.82 Å². The molecule has 1 aromatic heterocycles. The highest BCUT2D eigenvalue weighted by atomic mass is 19.4. The Balaban J connectivity index is 0.00000172. The second-order valence-corrected chi connectivity index (χ2v) is 9.69. The van der Waals surface area contributed by atoms with Crippen LogP contribution in [0, 0.1) is 25.5 Å². The maximum absolute atomic E-state index is 15.0. The molecular formula is C30H33F5N4. The predicted octanol–water partition coefficient (Wildman–Crippen LogP) is 7.33. The number of likely N-dealkylation sites (N-methyl/N-ethyl adjacent to an activating group) is 1. The second kappa shape index (κ2) is 11.3. The topological polar surface area (TPSA) is 24.3 Å². The molecule has 39 heavy (non-hydrogen) atoms. The van der Waals surface area contributed by atoms with Crippen LogP contribution in [0.4, 0.5) is 27.6 Å². The first-order valence-corrected chi connectivity index (χ1v) is 13.1. The van der Waals surface area contributed by atoms with Crippen LogP contribution in [-0.2, 0) is 12.6 Å². The lowest BCUT2D eigenvalue weighted by Gasteiger charge is -2.42. The first-order chi connectivity index (χ1) is 18.5. The minimum Gasteiger partial charge on any atom is -0.366 e. The van der Waals surface area contributed by atoms with E-state index < -0.39 is 34.6 Å². The summed E-state index contributed by atoms with van der Waals surface area (Å²) in [4.78, 5) is 4.64. The van der Waals surface area contributed by atoms with E-state index in [-0.39, 0.29) is 6.04 Å². The zero-order chi connectivity index (χ0) is 28.5. The van der Waals surface area contributed by atoms with Gasteiger partial charge in [0.25, 0.3) is 0 Å². The van der Waals surface area contributed by atoms with E-state index in [0.717, 1.165) is 43.3 Å². The van der Waals surface area contributed by atoms with Gasteiger partial charge in [0, 0.05) is 42.3 Å². The molecule has 1 unspecified atom stereocenters. The lowest BCUT2D eigenvalue weighted by Crippen LogP contribution is -2.53. The van der Waals surface area contributed by atoms with E-state index >= 15 is 4.39 Å². The molecule has 9 heteroatoms. The van der Waals surface area contributed by atoms with Gasteiger partial charge in [-0.15, -0.1) is 0 Å². The number of aromatic nitrogens is 2. The summed E-state index contributed by atoms with van der Waals surface area (Å²) < 4.78 is 70.8. The monoisotopic (exact) mass is 544 g/mol. The van der Waals surface area contributed by atoms with Crippen LogP contribution in [0.25, 0.3) is 16.6 Å². The van der Waals surface area contributed by atoms with Crippen LogP contribution in [0.3, 0.4) is 0 Å². The Kier molecular flexibility index (Phi) is 8.30. The van der Waals surface area contributed by atoms with Crippen molar-refractivity contribution in [3.8, 4) is 5.69 Å². The summed E-state index contributed by atoms with van der Waals surface area (Å²) in [6.07, 6.45) is -4.10. The third kappa shape index (κ3) is 5.64. The molecule has 0 amide bonds. The second-order valence-electron chi connectivity index (χ2n) is 9.69. The summed E-state index contributed by atoms with van der Waals surface area (Å²) in [6.45, 7) is 9.31. The average molecular weight is 545 g/mol. The SMILES string of the molecule is CC.Cc1c(F)c(-n2nc(C)c3cc(N4CCN(C)CC4Cc4ccccc4)ccc32)cc(C(F)(F)F)c1F. The molecule has 0 saturated carbocycles. The zero-order valence-electron chi connectivity index (χ0n) is 22.8. The molecule has 0 bridgehead atoms. The fraction of sp³-hybridized carbons (Fsp3) is 0.367. The van der Waals surface area contributed by atoms with Gasteiger partial charge in [-0.2, -0.15) is 18.3 Å². The van der Waals surface area contributed by atoms with Gasteiger partial charge < -0.3 is 9.80 Å². The highest BCUT2D eigenvalue weighted by Gasteiger charge is 2.37. The van der Waals surface area contributed by atoms with Crippen molar-refractivity contribution in [1.82, 2.24) is 14.7 Å². The largest absolute Gasteiger partial charge is 0.419 e. The number of hydrogen-bond acceptors (Lipinski definition) is 3. The summed E-state index contributed by atoms with van der Waals surface area (Å²) in [6, 6.07) is 16.6. The smallest absolute Gasteiger partial charge is 0.366 e. The molecule has 2 heterocycles. The Morgan fingerprint density at radius 1 is 0.923 bits per heavy atom. The molecule has 4 aromatic rings. The number of fused-ring (bicyclic) bond motifs is 1. The first kappa shape index (κ1) is 28.5. The molecule has 1 aliphatic rings. The third-order valence-corrected chi connectivity index (χ3v) is 7.11. The Labute approximate surface area is 225 Å². The number of nitrogens with zero attached hydrogens (tertiary/aromatic N) is 4. The standard InChI is InChI=1S/C28H27F5N4.C2H6/c1-17-26(29)23(28(31,32)33)15-25(27(17)30)37-24-10-9-20(14-22(24)18(2)34-37)36-12-11-35(3)16-21(36)13-19-7-5-4-6-8-19;1-2/h4-10,14-15,21H,11-13,16H2,1-3H3;1-2H3. The summed E-state index contributed by atoms with van der Waals surface area (Å²) in [5.41, 5.74) is 0.563. The van der Waals surface area contributed by atoms with Gasteiger partial charge in [-0.3, -0.25) is 0 Å². The quantitative estimate of drug-likeness (QED) is 0.252.